The summed E-state index contributed by atoms with van der Waals surface area (Å²) in [6.07, 6.45) is 0. The van der Waals surface area contributed by atoms with Gasteiger partial charge >= 0.3 is 35.8 Å². The first-order valence-electron chi connectivity index (χ1n) is 23.2. The molecule has 0 aliphatic carbocycles. The minimum Gasteiger partial charge on any atom is -0.508 e. The fraction of sp³-hybridized carbons (Fsp3) is 0. The van der Waals surface area contributed by atoms with Gasteiger partial charge in [0.1, 0.15) is 69.0 Å². The molecule has 0 aromatic heterocycles. The molecule has 0 aliphatic heterocycles. The number of phenolic OH excluding ortho intramolecular Hbond substituents is 6. The number of fused-ring (bicyclic) bond motifs is 6. The van der Waals surface area contributed by atoms with E-state index in [0.29, 0.717) is 0 Å². The van der Waals surface area contributed by atoms with Crippen LogP contribution in [0.1, 0.15) is 62.1 Å². The molecule has 0 heterocycles. The van der Waals surface area contributed by atoms with Crippen molar-refractivity contribution in [2.75, 3.05) is 0 Å². The summed E-state index contributed by atoms with van der Waals surface area (Å²) >= 11 is 0. The number of rotatable bonds is 12. The molecule has 0 fully saturated rings. The number of hydrogen-bond donors (Lipinski definition) is 6. The quantitative estimate of drug-likeness (QED) is 0.0377. The Balaban J connectivity index is 1.28. The van der Waals surface area contributed by atoms with Gasteiger partial charge in [0.15, 0.2) is 0 Å². The van der Waals surface area contributed by atoms with Crippen LogP contribution in [0.5, 0.6) is 69.0 Å². The van der Waals surface area contributed by atoms with Crippen molar-refractivity contribution >= 4 is 68.1 Å². The molecule has 0 unspecified atom stereocenters. The molecule has 0 amide bonds. The van der Waals surface area contributed by atoms with E-state index in [1.165, 1.54) is 182 Å². The van der Waals surface area contributed by atoms with Crippen molar-refractivity contribution in [2.45, 2.75) is 0 Å². The second-order valence-corrected chi connectivity index (χ2v) is 17.1. The molecule has 10 aromatic rings. The maximum absolute atomic E-state index is 14.5. The Morgan fingerprint density at radius 3 is 0.436 bits per heavy atom. The Labute approximate surface area is 438 Å². The number of benzene rings is 10. The summed E-state index contributed by atoms with van der Waals surface area (Å²) in [6.45, 7) is 0. The second-order valence-electron chi connectivity index (χ2n) is 17.1. The average Bonchev–Trinajstić information content (AvgIpc) is 3.51. The van der Waals surface area contributed by atoms with Crippen LogP contribution in [0.2, 0.25) is 0 Å². The fourth-order valence-electron chi connectivity index (χ4n) is 8.21. The SMILES string of the molecule is O=C(Oc1ccc(O)cc1)c1cc2c3cc(C(=O)Oc4ccc(O)cc4)c(C(=O)Oc4ccc(O)cc4)cc3c3cc(C(=O)Oc4ccc(O)cc4)c(C(=O)Oc4ccc(O)cc4)cc3c2cc1C(=O)Oc1ccc(O)cc1. The van der Waals surface area contributed by atoms with E-state index in [0.717, 1.165) is 0 Å². The largest absolute Gasteiger partial charge is 0.508 e. The van der Waals surface area contributed by atoms with E-state index in [1.807, 2.05) is 0 Å². The molecule has 0 atom stereocenters. The fourth-order valence-corrected chi connectivity index (χ4v) is 8.21. The van der Waals surface area contributed by atoms with Gasteiger partial charge in [-0.05, 0) is 214 Å². The summed E-state index contributed by atoms with van der Waals surface area (Å²) in [5.74, 6) is -7.97. The second kappa shape index (κ2) is 20.8. The lowest BCUT2D eigenvalue weighted by molar-refractivity contribution is 0.0692. The summed E-state index contributed by atoms with van der Waals surface area (Å²) < 4.78 is 34.3. The number of aromatic hydroxyl groups is 6. The lowest BCUT2D eigenvalue weighted by Gasteiger charge is -2.19. The predicted molar refractivity (Wildman–Crippen MR) is 277 cm³/mol. The van der Waals surface area contributed by atoms with Crippen molar-refractivity contribution in [1.29, 1.82) is 0 Å². The number of ether oxygens (including phenoxy) is 6. The first kappa shape index (κ1) is 50.1. The normalized spacial score (nSPS) is 10.9. The first-order valence-corrected chi connectivity index (χ1v) is 23.2. The van der Waals surface area contributed by atoms with Crippen molar-refractivity contribution < 1.29 is 87.8 Å². The molecule has 0 saturated carbocycles. The van der Waals surface area contributed by atoms with Crippen LogP contribution in [0.25, 0.3) is 32.3 Å². The summed E-state index contributed by atoms with van der Waals surface area (Å²) in [6, 6.07) is 38.0. The highest BCUT2D eigenvalue weighted by Gasteiger charge is 2.30. The van der Waals surface area contributed by atoms with Crippen LogP contribution >= 0.6 is 0 Å². The number of hydrogen-bond acceptors (Lipinski definition) is 18. The van der Waals surface area contributed by atoms with Crippen molar-refractivity contribution in [1.82, 2.24) is 0 Å². The first-order chi connectivity index (χ1) is 37.5. The molecule has 10 aromatic carbocycles. The van der Waals surface area contributed by atoms with E-state index in [4.69, 9.17) is 28.4 Å². The number of esters is 6. The smallest absolute Gasteiger partial charge is 0.344 e. The van der Waals surface area contributed by atoms with Crippen LogP contribution in [0, 0.1) is 0 Å². The van der Waals surface area contributed by atoms with Crippen LogP contribution in [0.3, 0.4) is 0 Å². The zero-order valence-corrected chi connectivity index (χ0v) is 39.9. The van der Waals surface area contributed by atoms with E-state index < -0.39 is 69.2 Å². The predicted octanol–water partition coefficient (Wildman–Crippen LogP) is 10.7. The van der Waals surface area contributed by atoms with E-state index in [-0.39, 0.29) is 101 Å². The Morgan fingerprint density at radius 1 is 0.205 bits per heavy atom. The van der Waals surface area contributed by atoms with Crippen LogP contribution in [0.4, 0.5) is 0 Å². The van der Waals surface area contributed by atoms with E-state index >= 15 is 0 Å². The Hall–Kier alpha value is -11.4. The van der Waals surface area contributed by atoms with Gasteiger partial charge in [-0.1, -0.05) is 0 Å². The zero-order valence-electron chi connectivity index (χ0n) is 39.9. The zero-order chi connectivity index (χ0) is 54.8. The van der Waals surface area contributed by atoms with E-state index in [2.05, 4.69) is 0 Å². The lowest BCUT2D eigenvalue weighted by atomic mass is 9.87. The maximum Gasteiger partial charge on any atom is 0.344 e. The summed E-state index contributed by atoms with van der Waals surface area (Å²) in [5.41, 5.74) is -2.56. The van der Waals surface area contributed by atoms with Crippen molar-refractivity contribution in [3.63, 3.8) is 0 Å². The molecule has 0 bridgehead atoms. The standard InChI is InChI=1S/C60H36O18/c61-31-1-13-37(14-2-31)73-55(67)49-25-43-44(26-50(49)56(68)74-38-15-3-32(62)4-16-38)46-28-52(58(70)76-40-19-7-34(64)8-20-40)54(60(72)78-42-23-11-36(66)12-24-42)30-48(46)47-29-53(59(71)77-41-21-9-35(65)10-22-41)51(27-45(43)47)57(69)75-39-17-5-33(63)6-18-39/h1-30,61-66H. The van der Waals surface area contributed by atoms with Crippen molar-refractivity contribution in [3.8, 4) is 69.0 Å². The molecule has 18 nitrogen and oxygen atoms in total. The maximum atomic E-state index is 14.5. The molecular formula is C60H36O18. The van der Waals surface area contributed by atoms with Gasteiger partial charge in [-0.2, -0.15) is 0 Å². The number of carbonyl (C=O) groups is 6. The van der Waals surface area contributed by atoms with Gasteiger partial charge in [-0.25, -0.2) is 28.8 Å². The van der Waals surface area contributed by atoms with Crippen LogP contribution in [0.15, 0.2) is 182 Å². The lowest BCUT2D eigenvalue weighted by Crippen LogP contribution is -2.19. The van der Waals surface area contributed by atoms with Crippen molar-refractivity contribution in [3.05, 3.63) is 215 Å². The van der Waals surface area contributed by atoms with Gasteiger partial charge < -0.3 is 59.1 Å². The van der Waals surface area contributed by atoms with Crippen LogP contribution < -0.4 is 28.4 Å². The van der Waals surface area contributed by atoms with Crippen molar-refractivity contribution in [2.24, 2.45) is 0 Å². The summed E-state index contributed by atoms with van der Waals surface area (Å²) in [7, 11) is 0. The minimum absolute atomic E-state index is 0.0568. The molecule has 384 valence electrons. The molecule has 0 radical (unpaired) electrons. The number of carbonyl (C=O) groups excluding carboxylic acids is 6. The Kier molecular flexibility index (Phi) is 13.4. The molecule has 78 heavy (non-hydrogen) atoms. The summed E-state index contributed by atoms with van der Waals surface area (Å²) in [5, 5.41) is 60.2. The molecule has 6 N–H and O–H groups in total. The highest BCUT2D eigenvalue weighted by molar-refractivity contribution is 6.30. The molecule has 0 aliphatic rings. The van der Waals surface area contributed by atoms with Gasteiger partial charge in [0.25, 0.3) is 0 Å². The average molecular weight is 1040 g/mol. The summed E-state index contributed by atoms with van der Waals surface area (Å²) in [4.78, 5) is 87.0. The molecular weight excluding hydrogens is 1010 g/mol. The van der Waals surface area contributed by atoms with Gasteiger partial charge in [-0.3, -0.25) is 0 Å². The van der Waals surface area contributed by atoms with Crippen LogP contribution in [-0.2, 0) is 0 Å². The Bertz CT molecular complexity index is 3330. The minimum atomic E-state index is -1.12. The van der Waals surface area contributed by atoms with Gasteiger partial charge in [-0.15, -0.1) is 0 Å². The van der Waals surface area contributed by atoms with Gasteiger partial charge in [0, 0.05) is 0 Å². The van der Waals surface area contributed by atoms with Gasteiger partial charge in [0.05, 0.1) is 33.4 Å². The molecule has 18 heteroatoms. The Morgan fingerprint density at radius 2 is 0.321 bits per heavy atom. The number of phenols is 6. The molecule has 0 spiro atoms. The van der Waals surface area contributed by atoms with E-state index in [9.17, 15) is 59.4 Å². The third kappa shape index (κ3) is 10.7. The third-order valence-corrected chi connectivity index (χ3v) is 11.9. The molecule has 0 saturated heterocycles. The van der Waals surface area contributed by atoms with Gasteiger partial charge in [0.2, 0.25) is 0 Å². The topological polar surface area (TPSA) is 279 Å². The monoisotopic (exact) mass is 1040 g/mol. The van der Waals surface area contributed by atoms with Crippen LogP contribution in [-0.4, -0.2) is 66.5 Å². The highest BCUT2D eigenvalue weighted by Crippen LogP contribution is 2.41. The van der Waals surface area contributed by atoms with E-state index in [1.54, 1.807) is 0 Å². The molecule has 10 rings (SSSR count). The third-order valence-electron chi connectivity index (χ3n) is 11.9. The highest BCUT2D eigenvalue weighted by atomic mass is 16.6.